The number of rotatable bonds is 3. The van der Waals surface area contributed by atoms with E-state index in [4.69, 9.17) is 0 Å². The molecule has 7 nitrogen and oxygen atoms in total. The van der Waals surface area contributed by atoms with Crippen molar-refractivity contribution >= 4 is 21.9 Å². The quantitative estimate of drug-likeness (QED) is 0.853. The molecule has 1 spiro atoms. The van der Waals surface area contributed by atoms with Crippen LogP contribution in [0, 0.1) is 11.7 Å². The Kier molecular flexibility index (Phi) is 4.32. The molecule has 2 heterocycles. The van der Waals surface area contributed by atoms with E-state index < -0.39 is 38.2 Å². The number of hydrogen-bond donors (Lipinski definition) is 1. The Hall–Kier alpha value is -2.00. The van der Waals surface area contributed by atoms with Crippen molar-refractivity contribution < 1.29 is 27.5 Å². The number of benzene rings is 1. The molecule has 0 radical (unpaired) electrons. The zero-order chi connectivity index (χ0) is 18.4. The first-order valence-corrected chi connectivity index (χ1v) is 9.38. The third-order valence-electron chi connectivity index (χ3n) is 5.41. The summed E-state index contributed by atoms with van der Waals surface area (Å²) in [6.45, 7) is 0.0795. The third kappa shape index (κ3) is 2.71. The molecule has 1 unspecified atom stereocenters. The van der Waals surface area contributed by atoms with Gasteiger partial charge in [-0.05, 0) is 25.0 Å². The number of amides is 1. The minimum absolute atomic E-state index is 0.0397. The number of aliphatic carboxylic acids is 1. The lowest BCUT2D eigenvalue weighted by Gasteiger charge is -2.45. The molecule has 0 aliphatic carbocycles. The average molecular weight is 370 g/mol. The number of sulfonamides is 1. The summed E-state index contributed by atoms with van der Waals surface area (Å²) in [6.07, 6.45) is 0.339. The molecule has 0 saturated carbocycles. The number of carbonyl (C=O) groups is 2. The molecule has 1 aromatic rings. The number of hydrogen-bond acceptors (Lipinski definition) is 4. The molecule has 3 rings (SSSR count). The molecule has 25 heavy (non-hydrogen) atoms. The van der Waals surface area contributed by atoms with Crippen LogP contribution in [0.5, 0.6) is 0 Å². The van der Waals surface area contributed by atoms with Gasteiger partial charge in [0.2, 0.25) is 15.9 Å². The van der Waals surface area contributed by atoms with Crippen LogP contribution in [0.3, 0.4) is 0 Å². The van der Waals surface area contributed by atoms with E-state index in [1.165, 1.54) is 23.1 Å². The second-order valence-electron chi connectivity index (χ2n) is 6.49. The van der Waals surface area contributed by atoms with Gasteiger partial charge in [0.25, 0.3) is 0 Å². The Morgan fingerprint density at radius 3 is 2.44 bits per heavy atom. The van der Waals surface area contributed by atoms with Crippen molar-refractivity contribution in [2.75, 3.05) is 20.1 Å². The Labute approximate surface area is 145 Å². The minimum Gasteiger partial charge on any atom is -0.481 e. The molecule has 1 N–H and O–H groups in total. The first-order valence-electron chi connectivity index (χ1n) is 7.94. The lowest BCUT2D eigenvalue weighted by molar-refractivity contribution is -0.145. The number of carboxylic acid groups (broad SMARTS) is 1. The Bertz CT molecular complexity index is 818. The topological polar surface area (TPSA) is 95.0 Å². The van der Waals surface area contributed by atoms with Gasteiger partial charge in [-0.25, -0.2) is 12.8 Å². The fourth-order valence-electron chi connectivity index (χ4n) is 3.89. The predicted molar refractivity (Wildman–Crippen MR) is 85.6 cm³/mol. The second kappa shape index (κ2) is 6.06. The maximum absolute atomic E-state index is 13.9. The molecule has 0 bridgehead atoms. The zero-order valence-corrected chi connectivity index (χ0v) is 14.5. The van der Waals surface area contributed by atoms with E-state index >= 15 is 0 Å². The largest absolute Gasteiger partial charge is 0.481 e. The van der Waals surface area contributed by atoms with Crippen LogP contribution < -0.4 is 0 Å². The normalized spacial score (nSPS) is 24.0. The Balaban J connectivity index is 1.85. The van der Waals surface area contributed by atoms with Crippen molar-refractivity contribution in [3.05, 3.63) is 30.1 Å². The average Bonchev–Trinajstić information content (AvgIpc) is 2.81. The molecular weight excluding hydrogens is 351 g/mol. The minimum atomic E-state index is -4.00. The highest BCUT2D eigenvalue weighted by molar-refractivity contribution is 7.89. The first-order chi connectivity index (χ1) is 11.7. The van der Waals surface area contributed by atoms with Crippen molar-refractivity contribution in [2.24, 2.45) is 5.92 Å². The number of halogens is 1. The van der Waals surface area contributed by atoms with E-state index in [-0.39, 0.29) is 38.3 Å². The monoisotopic (exact) mass is 370 g/mol. The summed E-state index contributed by atoms with van der Waals surface area (Å²) >= 11 is 0. The molecule has 1 amide bonds. The van der Waals surface area contributed by atoms with Crippen molar-refractivity contribution in [1.29, 1.82) is 0 Å². The summed E-state index contributed by atoms with van der Waals surface area (Å²) in [5.41, 5.74) is -0.885. The number of carbonyl (C=O) groups excluding carboxylic acids is 1. The fourth-order valence-corrected chi connectivity index (χ4v) is 5.40. The number of piperidine rings is 1. The van der Waals surface area contributed by atoms with Crippen LogP contribution in [-0.2, 0) is 19.6 Å². The lowest BCUT2D eigenvalue weighted by Crippen LogP contribution is -2.56. The fraction of sp³-hybridized carbons (Fsp3) is 0.500. The van der Waals surface area contributed by atoms with Crippen molar-refractivity contribution in [1.82, 2.24) is 9.21 Å². The van der Waals surface area contributed by atoms with E-state index in [2.05, 4.69) is 0 Å². The van der Waals surface area contributed by atoms with Crippen LogP contribution >= 0.6 is 0 Å². The molecule has 2 saturated heterocycles. The SMILES string of the molecule is CN1C(=O)CC(C(=O)O)C12CCN(S(=O)(=O)c1ccccc1F)CC2. The Morgan fingerprint density at radius 2 is 1.88 bits per heavy atom. The van der Waals surface area contributed by atoms with Crippen LogP contribution in [0.4, 0.5) is 4.39 Å². The predicted octanol–water partition coefficient (Wildman–Crippen LogP) is 0.912. The number of nitrogens with zero attached hydrogens (tertiary/aromatic N) is 2. The van der Waals surface area contributed by atoms with Crippen LogP contribution in [0.25, 0.3) is 0 Å². The van der Waals surface area contributed by atoms with E-state index in [1.807, 2.05) is 0 Å². The summed E-state index contributed by atoms with van der Waals surface area (Å²) in [5.74, 6) is -2.98. The van der Waals surface area contributed by atoms with Crippen LogP contribution in [0.2, 0.25) is 0 Å². The maximum Gasteiger partial charge on any atom is 0.309 e. The van der Waals surface area contributed by atoms with Gasteiger partial charge in [-0.15, -0.1) is 0 Å². The molecule has 1 aromatic carbocycles. The number of likely N-dealkylation sites (tertiary alicyclic amines) is 1. The molecular formula is C16H19FN2O5S. The van der Waals surface area contributed by atoms with Gasteiger partial charge in [0.15, 0.2) is 0 Å². The summed E-state index contributed by atoms with van der Waals surface area (Å²) in [5, 5.41) is 9.45. The van der Waals surface area contributed by atoms with Crippen LogP contribution in [0.15, 0.2) is 29.2 Å². The highest BCUT2D eigenvalue weighted by Gasteiger charge is 2.56. The first kappa shape index (κ1) is 17.8. The van der Waals surface area contributed by atoms with Gasteiger partial charge in [0, 0.05) is 26.6 Å². The highest BCUT2D eigenvalue weighted by atomic mass is 32.2. The number of carboxylic acids is 1. The molecule has 136 valence electrons. The van der Waals surface area contributed by atoms with E-state index in [1.54, 1.807) is 7.05 Å². The van der Waals surface area contributed by atoms with E-state index in [0.717, 1.165) is 10.4 Å². The summed E-state index contributed by atoms with van der Waals surface area (Å²) in [7, 11) is -2.44. The molecule has 2 aliphatic heterocycles. The molecule has 2 aliphatic rings. The molecule has 2 fully saturated rings. The second-order valence-corrected chi connectivity index (χ2v) is 8.39. The zero-order valence-electron chi connectivity index (χ0n) is 13.7. The Morgan fingerprint density at radius 1 is 1.28 bits per heavy atom. The van der Waals surface area contributed by atoms with Gasteiger partial charge in [0.05, 0.1) is 11.5 Å². The third-order valence-corrected chi connectivity index (χ3v) is 7.34. The van der Waals surface area contributed by atoms with Crippen molar-refractivity contribution in [3.63, 3.8) is 0 Å². The van der Waals surface area contributed by atoms with Gasteiger partial charge in [-0.2, -0.15) is 4.31 Å². The van der Waals surface area contributed by atoms with E-state index in [9.17, 15) is 27.5 Å². The highest BCUT2D eigenvalue weighted by Crippen LogP contribution is 2.43. The molecule has 0 aromatic heterocycles. The maximum atomic E-state index is 13.9. The lowest BCUT2D eigenvalue weighted by atomic mass is 9.77. The van der Waals surface area contributed by atoms with Crippen molar-refractivity contribution in [2.45, 2.75) is 29.7 Å². The summed E-state index contributed by atoms with van der Waals surface area (Å²) in [4.78, 5) is 24.6. The van der Waals surface area contributed by atoms with Gasteiger partial charge in [-0.1, -0.05) is 12.1 Å². The van der Waals surface area contributed by atoms with Gasteiger partial charge in [0.1, 0.15) is 10.7 Å². The standard InChI is InChI=1S/C16H19FN2O5S/c1-18-14(20)10-11(15(21)22)16(18)6-8-19(9-7-16)25(23,24)13-5-3-2-4-12(13)17/h2-5,11H,6-10H2,1H3,(H,21,22). The van der Waals surface area contributed by atoms with Gasteiger partial charge >= 0.3 is 5.97 Å². The summed E-state index contributed by atoms with van der Waals surface area (Å²) < 4.78 is 40.4. The van der Waals surface area contributed by atoms with Crippen LogP contribution in [0.1, 0.15) is 19.3 Å². The van der Waals surface area contributed by atoms with E-state index in [0.29, 0.717) is 0 Å². The van der Waals surface area contributed by atoms with Crippen LogP contribution in [-0.4, -0.2) is 60.3 Å². The molecule has 9 heteroatoms. The smallest absolute Gasteiger partial charge is 0.309 e. The van der Waals surface area contributed by atoms with Gasteiger partial charge < -0.3 is 10.0 Å². The molecule has 1 atom stereocenters. The summed E-state index contributed by atoms with van der Waals surface area (Å²) in [6, 6.07) is 5.16. The van der Waals surface area contributed by atoms with Crippen molar-refractivity contribution in [3.8, 4) is 0 Å². The van der Waals surface area contributed by atoms with Gasteiger partial charge in [-0.3, -0.25) is 9.59 Å².